The topological polar surface area (TPSA) is 27.7 Å². The molecule has 0 saturated heterocycles. The van der Waals surface area contributed by atoms with E-state index in [0.717, 1.165) is 10.5 Å². The fourth-order valence-corrected chi connectivity index (χ4v) is 21.1. The van der Waals surface area contributed by atoms with Gasteiger partial charge in [0.15, 0.2) is 0 Å². The SMILES string of the molecule is CCC[CH2][Sn]([CH2]CCC)([CH2]CCC)[CH](C)CCOCOCCOC. The first-order chi connectivity index (χ1) is 11.7. The summed E-state index contributed by atoms with van der Waals surface area (Å²) in [6.45, 7) is 12.1. The normalized spacial score (nSPS) is 13.4. The minimum absolute atomic E-state index is 0.414. The van der Waals surface area contributed by atoms with Crippen LogP contribution in [0.4, 0.5) is 0 Å². The summed E-state index contributed by atoms with van der Waals surface area (Å²) in [5, 5.41) is 0. The van der Waals surface area contributed by atoms with Crippen LogP contribution >= 0.6 is 0 Å². The third kappa shape index (κ3) is 11.3. The van der Waals surface area contributed by atoms with Crippen LogP contribution in [0.15, 0.2) is 0 Å². The molecule has 1 unspecified atom stereocenters. The molecule has 1 atom stereocenters. The molecule has 0 aromatic heterocycles. The van der Waals surface area contributed by atoms with Crippen LogP contribution in [0.5, 0.6) is 0 Å². The first-order valence-electron chi connectivity index (χ1n) is 10.3. The molecule has 0 aromatic carbocycles. The van der Waals surface area contributed by atoms with Crippen LogP contribution in [-0.2, 0) is 14.2 Å². The van der Waals surface area contributed by atoms with Crippen molar-refractivity contribution in [2.45, 2.75) is 89.9 Å². The van der Waals surface area contributed by atoms with Crippen LogP contribution in [0.2, 0.25) is 17.2 Å². The summed E-state index contributed by atoms with van der Waals surface area (Å²) in [5.41, 5.74) is 0. The Balaban J connectivity index is 4.42. The number of ether oxygens (including phenoxy) is 3. The van der Waals surface area contributed by atoms with E-state index in [4.69, 9.17) is 14.2 Å². The molecule has 0 saturated carbocycles. The number of hydrogen-bond acceptors (Lipinski definition) is 3. The van der Waals surface area contributed by atoms with Crippen molar-refractivity contribution in [1.82, 2.24) is 0 Å². The molecule has 0 aliphatic rings. The average molecular weight is 451 g/mol. The third-order valence-electron chi connectivity index (χ3n) is 5.42. The molecule has 146 valence electrons. The van der Waals surface area contributed by atoms with Gasteiger partial charge in [0.25, 0.3) is 0 Å². The quantitative estimate of drug-likeness (QED) is 0.140. The van der Waals surface area contributed by atoms with Gasteiger partial charge in [-0.3, -0.25) is 0 Å². The van der Waals surface area contributed by atoms with Crippen molar-refractivity contribution < 1.29 is 14.2 Å². The molecule has 0 aromatic rings. The van der Waals surface area contributed by atoms with E-state index in [9.17, 15) is 0 Å². The monoisotopic (exact) mass is 452 g/mol. The molecule has 0 heterocycles. The fraction of sp³-hybridized carbons (Fsp3) is 1.00. The second-order valence-corrected chi connectivity index (χ2v) is 22.2. The molecule has 0 amide bonds. The van der Waals surface area contributed by atoms with Crippen LogP contribution in [-0.4, -0.2) is 52.1 Å². The molecule has 0 aliphatic heterocycles. The van der Waals surface area contributed by atoms with E-state index in [0.29, 0.717) is 20.0 Å². The van der Waals surface area contributed by atoms with Gasteiger partial charge >= 0.3 is 156 Å². The predicted molar refractivity (Wildman–Crippen MR) is 108 cm³/mol. The zero-order valence-electron chi connectivity index (χ0n) is 17.2. The van der Waals surface area contributed by atoms with Gasteiger partial charge in [-0.25, -0.2) is 0 Å². The summed E-state index contributed by atoms with van der Waals surface area (Å²) in [6.07, 6.45) is 9.66. The summed E-state index contributed by atoms with van der Waals surface area (Å²) >= 11 is -2.05. The standard InChI is InChI=1S/C8H17O3.3C4H9.Sn/c1-3-4-5-10-8-11-7-6-9-2;3*1-3-4-2;/h3H,4-8H2,1-2H3;3*1,3-4H2,2H3;. The zero-order valence-corrected chi connectivity index (χ0v) is 20.1. The molecule has 4 heteroatoms. The molecular weight excluding hydrogens is 407 g/mol. The van der Waals surface area contributed by atoms with Crippen LogP contribution < -0.4 is 0 Å². The Bertz CT molecular complexity index is 239. The third-order valence-corrected chi connectivity index (χ3v) is 23.8. The molecule has 0 aliphatic carbocycles. The van der Waals surface area contributed by atoms with Gasteiger partial charge in [-0.1, -0.05) is 0 Å². The van der Waals surface area contributed by atoms with Crippen molar-refractivity contribution >= 4 is 18.4 Å². The van der Waals surface area contributed by atoms with E-state index >= 15 is 0 Å². The molecule has 0 rings (SSSR count). The van der Waals surface area contributed by atoms with Gasteiger partial charge in [-0.15, -0.1) is 0 Å². The van der Waals surface area contributed by atoms with E-state index in [1.54, 1.807) is 20.4 Å². The van der Waals surface area contributed by atoms with Gasteiger partial charge in [-0.2, -0.15) is 0 Å². The Kier molecular flexibility index (Phi) is 17.6. The number of methoxy groups -OCH3 is 1. The molecule has 24 heavy (non-hydrogen) atoms. The van der Waals surface area contributed by atoms with Crippen LogP contribution in [0.1, 0.15) is 72.6 Å². The van der Waals surface area contributed by atoms with E-state index in [2.05, 4.69) is 27.7 Å². The van der Waals surface area contributed by atoms with Crippen molar-refractivity contribution in [2.75, 3.05) is 33.7 Å². The van der Waals surface area contributed by atoms with Crippen molar-refractivity contribution in [3.05, 3.63) is 0 Å². The first kappa shape index (κ1) is 24.7. The summed E-state index contributed by atoms with van der Waals surface area (Å²) < 4.78 is 21.8. The average Bonchev–Trinajstić information content (AvgIpc) is 2.60. The van der Waals surface area contributed by atoms with Crippen molar-refractivity contribution in [3.8, 4) is 0 Å². The molecule has 0 N–H and O–H groups in total. The van der Waals surface area contributed by atoms with Gasteiger partial charge in [0.1, 0.15) is 0 Å². The number of unbranched alkanes of at least 4 members (excludes halogenated alkanes) is 3. The molecule has 0 bridgehead atoms. The summed E-state index contributed by atoms with van der Waals surface area (Å²) in [5.74, 6) is 0. The summed E-state index contributed by atoms with van der Waals surface area (Å²) in [6, 6.07) is 0. The van der Waals surface area contributed by atoms with Crippen molar-refractivity contribution in [1.29, 1.82) is 0 Å². The van der Waals surface area contributed by atoms with Gasteiger partial charge < -0.3 is 0 Å². The van der Waals surface area contributed by atoms with Crippen molar-refractivity contribution in [3.63, 3.8) is 0 Å². The maximum absolute atomic E-state index is 5.72. The van der Waals surface area contributed by atoms with Crippen molar-refractivity contribution in [2.24, 2.45) is 0 Å². The molecular formula is C20H44O3Sn. The summed E-state index contributed by atoms with van der Waals surface area (Å²) in [4.78, 5) is 0. The zero-order chi connectivity index (χ0) is 18.1. The number of rotatable bonds is 18. The van der Waals surface area contributed by atoms with Gasteiger partial charge in [0.05, 0.1) is 0 Å². The van der Waals surface area contributed by atoms with E-state index in [1.807, 2.05) is 0 Å². The molecule has 0 spiro atoms. The predicted octanol–water partition coefficient (Wildman–Crippen LogP) is 6.25. The second kappa shape index (κ2) is 17.1. The molecule has 0 radical (unpaired) electrons. The maximum atomic E-state index is 5.72. The molecule has 0 fully saturated rings. The Morgan fingerprint density at radius 2 is 1.25 bits per heavy atom. The Morgan fingerprint density at radius 3 is 1.71 bits per heavy atom. The fourth-order valence-electron chi connectivity index (χ4n) is 3.59. The van der Waals surface area contributed by atoms with Crippen LogP contribution in [0.25, 0.3) is 0 Å². The molecule has 3 nitrogen and oxygen atoms in total. The Labute approximate surface area is 156 Å². The second-order valence-electron chi connectivity index (χ2n) is 7.29. The minimum atomic E-state index is -2.05. The van der Waals surface area contributed by atoms with Crippen LogP contribution in [0.3, 0.4) is 0 Å². The van der Waals surface area contributed by atoms with Gasteiger partial charge in [0, 0.05) is 0 Å². The van der Waals surface area contributed by atoms with E-state index < -0.39 is 18.4 Å². The Hall–Kier alpha value is 0.679. The van der Waals surface area contributed by atoms with Gasteiger partial charge in [-0.05, 0) is 0 Å². The first-order valence-corrected chi connectivity index (χ1v) is 18.0. The Morgan fingerprint density at radius 1 is 0.750 bits per heavy atom. The van der Waals surface area contributed by atoms with Gasteiger partial charge in [0.2, 0.25) is 0 Å². The number of hydrogen-bond donors (Lipinski definition) is 0. The van der Waals surface area contributed by atoms with E-state index in [-0.39, 0.29) is 0 Å². The summed E-state index contributed by atoms with van der Waals surface area (Å²) in [7, 11) is 1.70. The van der Waals surface area contributed by atoms with E-state index in [1.165, 1.54) is 44.9 Å². The van der Waals surface area contributed by atoms with Crippen LogP contribution in [0, 0.1) is 0 Å².